The van der Waals surface area contributed by atoms with E-state index in [4.69, 9.17) is 16.3 Å². The van der Waals surface area contributed by atoms with Gasteiger partial charge < -0.3 is 20.7 Å². The van der Waals surface area contributed by atoms with E-state index in [1.165, 1.54) is 0 Å². The van der Waals surface area contributed by atoms with Gasteiger partial charge in [-0.1, -0.05) is 0 Å². The monoisotopic (exact) mass is 580 g/mol. The molecule has 1 radical (unpaired) electrons. The Balaban J connectivity index is 1.64. The quantitative estimate of drug-likeness (QED) is 0.223. The van der Waals surface area contributed by atoms with Crippen LogP contribution in [-0.2, 0) is 4.74 Å². The summed E-state index contributed by atoms with van der Waals surface area (Å²) in [6.45, 7) is 5.21. The maximum atomic E-state index is 18.9. The first-order chi connectivity index (χ1) is 18.7. The molecule has 0 aromatic carbocycles. The zero-order chi connectivity index (χ0) is 27.8. The van der Waals surface area contributed by atoms with Gasteiger partial charge in [0.25, 0.3) is 0 Å². The minimum absolute atomic E-state index is 0.131. The largest absolute Gasteiger partial charge is 0.404 e. The summed E-state index contributed by atoms with van der Waals surface area (Å²) in [5.74, 6) is -3.17. The number of hydrogen-bond donors (Lipinski definition) is 4. The Hall–Kier alpha value is -0.230. The van der Waals surface area contributed by atoms with E-state index < -0.39 is 35.7 Å². The molecule has 5 aliphatic rings. The Morgan fingerprint density at radius 2 is 1.54 bits per heavy atom. The number of nitrogens with one attached hydrogen (secondary N) is 4. The van der Waals surface area contributed by atoms with Crippen molar-refractivity contribution in [3.05, 3.63) is 5.92 Å². The van der Waals surface area contributed by atoms with Crippen LogP contribution in [0.25, 0.3) is 0 Å². The second-order valence-electron chi connectivity index (χ2n) is 12.4. The Morgan fingerprint density at radius 3 is 2.26 bits per heavy atom. The second kappa shape index (κ2) is 12.6. The fourth-order valence-electron chi connectivity index (χ4n) is 8.67. The SMILES string of the molecule is COC1NCCCC1N1CCC(C2CCCNC2C)[C](C2CCCNC2Cl)C1(F)C1CCCNC1C(F)(F)F. The highest BCUT2D eigenvalue weighted by atomic mass is 35.5. The number of alkyl halides is 5. The molecule has 4 N–H and O–H groups in total. The molecule has 10 atom stereocenters. The Bertz CT molecular complexity index is 810. The lowest BCUT2D eigenvalue weighted by molar-refractivity contribution is -0.227. The van der Waals surface area contributed by atoms with E-state index in [1.807, 2.05) is 0 Å². The van der Waals surface area contributed by atoms with E-state index in [0.717, 1.165) is 51.7 Å². The van der Waals surface area contributed by atoms with E-state index >= 15 is 4.39 Å². The number of methoxy groups -OCH3 is 1. The highest BCUT2D eigenvalue weighted by Gasteiger charge is 2.66. The van der Waals surface area contributed by atoms with Gasteiger partial charge in [-0.05, 0) is 109 Å². The summed E-state index contributed by atoms with van der Waals surface area (Å²) in [5.41, 5.74) is -0.498. The first kappa shape index (κ1) is 30.2. The number of likely N-dealkylation sites (tertiary alicyclic amines) is 1. The van der Waals surface area contributed by atoms with Gasteiger partial charge >= 0.3 is 6.18 Å². The predicted octanol–water partition coefficient (Wildman–Crippen LogP) is 4.16. The third kappa shape index (κ3) is 5.87. The number of hydrogen-bond acceptors (Lipinski definition) is 6. The van der Waals surface area contributed by atoms with Crippen LogP contribution in [-0.4, -0.2) is 86.6 Å². The Labute approximate surface area is 236 Å². The lowest BCUT2D eigenvalue weighted by atomic mass is 9.58. The number of rotatable bonds is 5. The van der Waals surface area contributed by atoms with Gasteiger partial charge in [-0.25, -0.2) is 4.39 Å². The molecular formula is C28H47ClF4N5O. The summed E-state index contributed by atoms with van der Waals surface area (Å²) in [4.78, 5) is 1.80. The third-order valence-electron chi connectivity index (χ3n) is 10.4. The first-order valence-corrected chi connectivity index (χ1v) is 15.6. The van der Waals surface area contributed by atoms with E-state index in [9.17, 15) is 13.2 Å². The van der Waals surface area contributed by atoms with Gasteiger partial charge in [-0.3, -0.25) is 10.2 Å². The number of piperidine rings is 5. The highest BCUT2D eigenvalue weighted by molar-refractivity contribution is 6.20. The molecule has 5 rings (SSSR count). The maximum absolute atomic E-state index is 18.9. The van der Waals surface area contributed by atoms with Gasteiger partial charge in [0.15, 0.2) is 5.79 Å². The Kier molecular flexibility index (Phi) is 9.74. The molecular weight excluding hydrogens is 534 g/mol. The summed E-state index contributed by atoms with van der Waals surface area (Å²) in [5, 5.41) is 13.0. The van der Waals surface area contributed by atoms with E-state index in [-0.39, 0.29) is 42.8 Å². The molecule has 5 saturated heterocycles. The van der Waals surface area contributed by atoms with Crippen LogP contribution < -0.4 is 21.3 Å². The maximum Gasteiger partial charge on any atom is 0.404 e. The van der Waals surface area contributed by atoms with Gasteiger partial charge in [0.1, 0.15) is 12.3 Å². The molecule has 10 unspecified atom stereocenters. The van der Waals surface area contributed by atoms with Gasteiger partial charge in [-0.15, -0.1) is 11.6 Å². The minimum Gasteiger partial charge on any atom is -0.365 e. The molecule has 11 heteroatoms. The molecule has 5 aliphatic heterocycles. The smallest absolute Gasteiger partial charge is 0.365 e. The molecule has 5 fully saturated rings. The van der Waals surface area contributed by atoms with Crippen LogP contribution in [0.4, 0.5) is 17.6 Å². The van der Waals surface area contributed by atoms with Gasteiger partial charge in [0.2, 0.25) is 0 Å². The summed E-state index contributed by atoms with van der Waals surface area (Å²) in [7, 11) is 1.60. The van der Waals surface area contributed by atoms with Crippen LogP contribution in [0.1, 0.15) is 64.7 Å². The second-order valence-corrected chi connectivity index (χ2v) is 12.9. The molecule has 6 nitrogen and oxygen atoms in total. The van der Waals surface area contributed by atoms with Crippen LogP contribution in [0.2, 0.25) is 0 Å². The average molecular weight is 581 g/mol. The number of nitrogens with zero attached hydrogens (tertiary/aromatic N) is 1. The molecule has 0 aliphatic carbocycles. The van der Waals surface area contributed by atoms with Gasteiger partial charge in [-0.2, -0.15) is 13.2 Å². The topological polar surface area (TPSA) is 60.6 Å². The van der Waals surface area contributed by atoms with Crippen molar-refractivity contribution in [3.63, 3.8) is 0 Å². The third-order valence-corrected chi connectivity index (χ3v) is 10.8. The zero-order valence-electron chi connectivity index (χ0n) is 23.3. The van der Waals surface area contributed by atoms with E-state index in [1.54, 1.807) is 12.0 Å². The molecule has 0 amide bonds. The molecule has 0 aromatic rings. The molecule has 39 heavy (non-hydrogen) atoms. The summed E-state index contributed by atoms with van der Waals surface area (Å²) < 4.78 is 68.6. The Morgan fingerprint density at radius 1 is 0.872 bits per heavy atom. The predicted molar refractivity (Wildman–Crippen MR) is 145 cm³/mol. The van der Waals surface area contributed by atoms with Crippen molar-refractivity contribution >= 4 is 11.6 Å². The molecule has 0 aromatic heterocycles. The summed E-state index contributed by atoms with van der Waals surface area (Å²) in [6, 6.07) is -2.09. The van der Waals surface area contributed by atoms with Crippen molar-refractivity contribution in [2.75, 3.05) is 39.8 Å². The normalized spacial score (nSPS) is 45.8. The van der Waals surface area contributed by atoms with Gasteiger partial charge in [0, 0.05) is 31.5 Å². The lowest BCUT2D eigenvalue weighted by Crippen LogP contribution is -2.73. The minimum atomic E-state index is -4.55. The fraction of sp³-hybridized carbons (Fsp3) is 0.964. The van der Waals surface area contributed by atoms with Crippen molar-refractivity contribution in [1.82, 2.24) is 26.2 Å². The standard InChI is InChI=1S/C28H47ClF4N5O/c1-17-18(7-3-12-34-17)19-11-16-38(22-10-6-15-37-26(22)39-2)27(30,23(19)20-8-4-14-36-25(20)29)21-9-5-13-35-24(21)28(31,32)33/h17-22,24-26,34-37H,3-16H2,1-2H3. The van der Waals surface area contributed by atoms with Crippen molar-refractivity contribution in [1.29, 1.82) is 0 Å². The number of ether oxygens (including phenoxy) is 1. The highest BCUT2D eigenvalue weighted by Crippen LogP contribution is 2.58. The molecule has 0 spiro atoms. The molecule has 0 saturated carbocycles. The van der Waals surface area contributed by atoms with Crippen LogP contribution in [0.5, 0.6) is 0 Å². The van der Waals surface area contributed by atoms with Crippen molar-refractivity contribution < 1.29 is 22.3 Å². The van der Waals surface area contributed by atoms with Crippen molar-refractivity contribution in [3.8, 4) is 0 Å². The van der Waals surface area contributed by atoms with Crippen LogP contribution >= 0.6 is 11.6 Å². The average Bonchev–Trinajstić information content (AvgIpc) is 2.93. The van der Waals surface area contributed by atoms with E-state index in [0.29, 0.717) is 31.7 Å². The number of halogens is 5. The first-order valence-electron chi connectivity index (χ1n) is 15.2. The van der Waals surface area contributed by atoms with Crippen LogP contribution in [0.15, 0.2) is 0 Å². The van der Waals surface area contributed by atoms with E-state index in [2.05, 4.69) is 28.2 Å². The van der Waals surface area contributed by atoms with Crippen molar-refractivity contribution in [2.24, 2.45) is 23.7 Å². The summed E-state index contributed by atoms with van der Waals surface area (Å²) >= 11 is 6.93. The van der Waals surface area contributed by atoms with Gasteiger partial charge in [0.05, 0.1) is 11.5 Å². The molecule has 225 valence electrons. The van der Waals surface area contributed by atoms with Crippen LogP contribution in [0.3, 0.4) is 0 Å². The zero-order valence-corrected chi connectivity index (χ0v) is 24.1. The van der Waals surface area contributed by atoms with Crippen LogP contribution in [0, 0.1) is 29.6 Å². The molecule has 0 bridgehead atoms. The molecule has 5 heterocycles. The lowest BCUT2D eigenvalue weighted by Gasteiger charge is -2.62. The fourth-order valence-corrected chi connectivity index (χ4v) is 9.04. The van der Waals surface area contributed by atoms with Crippen molar-refractivity contribution in [2.45, 2.75) is 107 Å². The summed E-state index contributed by atoms with van der Waals surface area (Å²) in [6.07, 6.45) is 1.40.